The number of carbonyl (C=O) groups excluding carboxylic acids is 1. The highest BCUT2D eigenvalue weighted by atomic mass is 32.2. The van der Waals surface area contributed by atoms with Crippen LogP contribution in [-0.2, 0) is 17.6 Å². The average Bonchev–Trinajstić information content (AvgIpc) is 3.29. The second kappa shape index (κ2) is 12.1. The fourth-order valence-corrected chi connectivity index (χ4v) is 4.49. The van der Waals surface area contributed by atoms with E-state index in [0.29, 0.717) is 41.1 Å². The Labute approximate surface area is 216 Å². The van der Waals surface area contributed by atoms with Gasteiger partial charge >= 0.3 is 5.69 Å². The van der Waals surface area contributed by atoms with Crippen molar-refractivity contribution in [3.8, 4) is 17.2 Å². The van der Waals surface area contributed by atoms with Crippen LogP contribution in [0.2, 0.25) is 0 Å². The van der Waals surface area contributed by atoms with Crippen molar-refractivity contribution in [2.24, 2.45) is 0 Å². The number of carbonyl (C=O) groups is 1. The second-order valence-corrected chi connectivity index (χ2v) is 8.88. The minimum atomic E-state index is -0.590. The molecule has 37 heavy (non-hydrogen) atoms. The minimum absolute atomic E-state index is 0.138. The Bertz CT molecular complexity index is 1450. The molecular weight excluding hydrogens is 496 g/mol. The number of benzene rings is 2. The number of ether oxygens (including phenoxy) is 2. The summed E-state index contributed by atoms with van der Waals surface area (Å²) in [6.45, 7) is 0.460. The summed E-state index contributed by atoms with van der Waals surface area (Å²) >= 11 is 1.25. The van der Waals surface area contributed by atoms with Gasteiger partial charge in [-0.05, 0) is 36.2 Å². The third kappa shape index (κ3) is 6.67. The molecular formula is C25H26N6O5S. The first kappa shape index (κ1) is 25.8. The molecule has 0 spiro atoms. The second-order valence-electron chi connectivity index (χ2n) is 7.94. The first-order valence-corrected chi connectivity index (χ1v) is 12.4. The van der Waals surface area contributed by atoms with Crippen molar-refractivity contribution in [2.75, 3.05) is 26.5 Å². The van der Waals surface area contributed by atoms with E-state index in [2.05, 4.69) is 25.5 Å². The molecule has 12 heteroatoms. The molecule has 11 nitrogen and oxygen atoms in total. The Morgan fingerprint density at radius 1 is 1.00 bits per heavy atom. The van der Waals surface area contributed by atoms with Crippen LogP contribution in [-0.4, -0.2) is 57.2 Å². The summed E-state index contributed by atoms with van der Waals surface area (Å²) in [6, 6.07) is 16.4. The van der Waals surface area contributed by atoms with Crippen LogP contribution in [0.3, 0.4) is 0 Å². The maximum atomic E-state index is 12.5. The molecule has 0 aliphatic carbocycles. The van der Waals surface area contributed by atoms with E-state index in [1.165, 1.54) is 17.8 Å². The number of aromatic amines is 2. The lowest BCUT2D eigenvalue weighted by Crippen LogP contribution is -2.27. The van der Waals surface area contributed by atoms with E-state index in [4.69, 9.17) is 9.47 Å². The fraction of sp³-hybridized carbons (Fsp3) is 0.240. The van der Waals surface area contributed by atoms with Crippen LogP contribution < -0.4 is 26.0 Å². The highest BCUT2D eigenvalue weighted by molar-refractivity contribution is 7.99. The Balaban J connectivity index is 1.42. The zero-order valence-electron chi connectivity index (χ0n) is 20.3. The van der Waals surface area contributed by atoms with Crippen LogP contribution in [0.15, 0.2) is 69.3 Å². The molecule has 0 fully saturated rings. The molecule has 0 bridgehead atoms. The maximum absolute atomic E-state index is 12.5. The molecule has 2 aromatic heterocycles. The number of amides is 1. The summed E-state index contributed by atoms with van der Waals surface area (Å²) < 4.78 is 12.4. The van der Waals surface area contributed by atoms with Gasteiger partial charge in [0.05, 0.1) is 20.0 Å². The zero-order chi connectivity index (χ0) is 26.2. The van der Waals surface area contributed by atoms with Crippen LogP contribution >= 0.6 is 11.8 Å². The third-order valence-electron chi connectivity index (χ3n) is 5.40. The molecule has 4 rings (SSSR count). The van der Waals surface area contributed by atoms with E-state index in [1.54, 1.807) is 18.8 Å². The van der Waals surface area contributed by atoms with Gasteiger partial charge in [-0.15, -0.1) is 10.2 Å². The summed E-state index contributed by atoms with van der Waals surface area (Å²) in [7, 11) is 3.17. The van der Waals surface area contributed by atoms with E-state index in [9.17, 15) is 14.4 Å². The van der Waals surface area contributed by atoms with Gasteiger partial charge in [-0.2, -0.15) is 0 Å². The van der Waals surface area contributed by atoms with Crippen LogP contribution in [0.1, 0.15) is 17.1 Å². The van der Waals surface area contributed by atoms with Crippen molar-refractivity contribution in [1.82, 2.24) is 30.0 Å². The summed E-state index contributed by atoms with van der Waals surface area (Å²) in [5.74, 6) is 1.80. The molecule has 2 aromatic carbocycles. The van der Waals surface area contributed by atoms with E-state index in [0.717, 1.165) is 11.3 Å². The molecule has 2 heterocycles. The van der Waals surface area contributed by atoms with E-state index >= 15 is 0 Å². The van der Waals surface area contributed by atoms with Gasteiger partial charge in [0.15, 0.2) is 16.7 Å². The number of nitrogens with zero attached hydrogens (tertiary/aromatic N) is 3. The van der Waals surface area contributed by atoms with Gasteiger partial charge in [0, 0.05) is 30.4 Å². The lowest BCUT2D eigenvalue weighted by Gasteiger charge is -2.11. The number of nitrogens with one attached hydrogen (secondary N) is 3. The SMILES string of the molecule is COc1ccc(CCNC(=O)CSc2nnc(Cc3cc(=O)[nH]c(=O)[nH]3)n2-c2ccccc2)cc1OC. The van der Waals surface area contributed by atoms with Gasteiger partial charge in [0.1, 0.15) is 5.82 Å². The number of rotatable bonds is 11. The first-order chi connectivity index (χ1) is 18.0. The minimum Gasteiger partial charge on any atom is -0.493 e. The van der Waals surface area contributed by atoms with Crippen LogP contribution in [0.25, 0.3) is 5.69 Å². The van der Waals surface area contributed by atoms with E-state index in [1.807, 2.05) is 48.5 Å². The summed E-state index contributed by atoms with van der Waals surface area (Å²) in [5.41, 5.74) is 1.13. The summed E-state index contributed by atoms with van der Waals surface area (Å²) in [6.07, 6.45) is 0.814. The number of hydrogen-bond acceptors (Lipinski definition) is 8. The maximum Gasteiger partial charge on any atom is 0.325 e. The van der Waals surface area contributed by atoms with Gasteiger partial charge in [0.2, 0.25) is 5.91 Å². The molecule has 0 saturated carbocycles. The molecule has 0 aliphatic heterocycles. The predicted molar refractivity (Wildman–Crippen MR) is 139 cm³/mol. The van der Waals surface area contributed by atoms with Crippen molar-refractivity contribution >= 4 is 17.7 Å². The van der Waals surface area contributed by atoms with Crippen LogP contribution in [0, 0.1) is 0 Å². The number of hydrogen-bond donors (Lipinski definition) is 3. The Kier molecular flexibility index (Phi) is 8.41. The molecule has 0 unspecified atom stereocenters. The number of aromatic nitrogens is 5. The monoisotopic (exact) mass is 522 g/mol. The molecule has 192 valence electrons. The van der Waals surface area contributed by atoms with Gasteiger partial charge in [-0.3, -0.25) is 19.1 Å². The molecule has 0 radical (unpaired) electrons. The van der Waals surface area contributed by atoms with Crippen molar-refractivity contribution in [3.63, 3.8) is 0 Å². The van der Waals surface area contributed by atoms with Gasteiger partial charge < -0.3 is 19.8 Å². The van der Waals surface area contributed by atoms with E-state index < -0.39 is 11.2 Å². The number of H-pyrrole nitrogens is 2. The normalized spacial score (nSPS) is 10.8. The Hall–Kier alpha value is -4.32. The molecule has 0 saturated heterocycles. The first-order valence-electron chi connectivity index (χ1n) is 11.4. The largest absolute Gasteiger partial charge is 0.493 e. The van der Waals surface area contributed by atoms with Crippen molar-refractivity contribution < 1.29 is 14.3 Å². The van der Waals surface area contributed by atoms with Crippen molar-refractivity contribution in [1.29, 1.82) is 0 Å². The predicted octanol–water partition coefficient (Wildman–Crippen LogP) is 1.70. The van der Waals surface area contributed by atoms with Crippen LogP contribution in [0.4, 0.5) is 0 Å². The Morgan fingerprint density at radius 3 is 2.51 bits per heavy atom. The highest BCUT2D eigenvalue weighted by Crippen LogP contribution is 2.27. The van der Waals surface area contributed by atoms with Crippen molar-refractivity contribution in [3.05, 3.63) is 92.5 Å². The Morgan fingerprint density at radius 2 is 1.78 bits per heavy atom. The lowest BCUT2D eigenvalue weighted by atomic mass is 10.1. The lowest BCUT2D eigenvalue weighted by molar-refractivity contribution is -0.118. The van der Waals surface area contributed by atoms with Gasteiger partial charge in [-0.1, -0.05) is 36.0 Å². The molecule has 1 amide bonds. The standard InChI is InChI=1S/C25H26N6O5S/c1-35-19-9-8-16(12-20(19)36-2)10-11-26-23(33)15-37-25-30-29-21(31(25)18-6-4-3-5-7-18)13-17-14-22(32)28-24(34)27-17/h3-9,12,14H,10-11,13,15H2,1-2H3,(H,26,33)(H2,27,28,32,34). The van der Waals surface area contributed by atoms with E-state index in [-0.39, 0.29) is 18.1 Å². The zero-order valence-corrected chi connectivity index (χ0v) is 21.1. The number of methoxy groups -OCH3 is 2. The topological polar surface area (TPSA) is 144 Å². The quantitative estimate of drug-likeness (QED) is 0.253. The van der Waals surface area contributed by atoms with Crippen molar-refractivity contribution in [2.45, 2.75) is 18.0 Å². The summed E-state index contributed by atoms with van der Waals surface area (Å²) in [5, 5.41) is 12.0. The molecule has 4 aromatic rings. The highest BCUT2D eigenvalue weighted by Gasteiger charge is 2.17. The average molecular weight is 523 g/mol. The molecule has 0 aliphatic rings. The van der Waals surface area contributed by atoms with Gasteiger partial charge in [0.25, 0.3) is 5.56 Å². The van der Waals surface area contributed by atoms with Gasteiger partial charge in [-0.25, -0.2) is 4.79 Å². The number of para-hydroxylation sites is 1. The third-order valence-corrected chi connectivity index (χ3v) is 6.32. The smallest absolute Gasteiger partial charge is 0.325 e. The fourth-order valence-electron chi connectivity index (χ4n) is 3.69. The number of thioether (sulfide) groups is 1. The summed E-state index contributed by atoms with van der Waals surface area (Å²) in [4.78, 5) is 40.7. The molecule has 0 atom stereocenters. The van der Waals surface area contributed by atoms with Crippen LogP contribution in [0.5, 0.6) is 11.5 Å². The molecule has 3 N–H and O–H groups in total.